The van der Waals surface area contributed by atoms with E-state index in [-0.39, 0.29) is 0 Å². The monoisotopic (exact) mass is 232 g/mol. The average Bonchev–Trinajstić information content (AvgIpc) is 2.17. The highest BCUT2D eigenvalue weighted by Gasteiger charge is 2.09. The highest BCUT2D eigenvalue weighted by atomic mass is 16.5. The minimum absolute atomic E-state index is 0.317. The summed E-state index contributed by atoms with van der Waals surface area (Å²) in [5.74, 6) is 0. The number of hydrogen-bond donors (Lipinski definition) is 1. The number of nitrogens with one attached hydrogen (secondary N) is 1. The lowest BCUT2D eigenvalue weighted by atomic mass is 10.3. The van der Waals surface area contributed by atoms with Crippen molar-refractivity contribution in [1.82, 2.24) is 10.2 Å². The van der Waals surface area contributed by atoms with E-state index in [1.165, 1.54) is 0 Å². The second-order valence-electron chi connectivity index (χ2n) is 4.39. The van der Waals surface area contributed by atoms with Gasteiger partial charge in [0.15, 0.2) is 0 Å². The zero-order chi connectivity index (χ0) is 12.4. The SMILES string of the molecule is CCNC(COC)CN(C)CCOC(C)C. The summed E-state index contributed by atoms with van der Waals surface area (Å²) >= 11 is 0. The normalized spacial score (nSPS) is 13.7. The summed E-state index contributed by atoms with van der Waals surface area (Å²) < 4.78 is 10.7. The lowest BCUT2D eigenvalue weighted by Gasteiger charge is -2.24. The Morgan fingerprint density at radius 3 is 2.50 bits per heavy atom. The molecule has 0 saturated carbocycles. The van der Waals surface area contributed by atoms with E-state index in [0.717, 1.165) is 32.8 Å². The van der Waals surface area contributed by atoms with Gasteiger partial charge >= 0.3 is 0 Å². The standard InChI is InChI=1S/C12H28N2O2/c1-6-13-12(10-15-5)9-14(4)7-8-16-11(2)3/h11-13H,6-10H2,1-5H3. The first-order chi connectivity index (χ1) is 7.60. The molecule has 4 heteroatoms. The van der Waals surface area contributed by atoms with Crippen LogP contribution in [0.1, 0.15) is 20.8 Å². The Morgan fingerprint density at radius 1 is 1.31 bits per heavy atom. The van der Waals surface area contributed by atoms with Crippen molar-refractivity contribution in [3.8, 4) is 0 Å². The third kappa shape index (κ3) is 9.09. The predicted octanol–water partition coefficient (Wildman–Crippen LogP) is 0.968. The number of likely N-dealkylation sites (N-methyl/N-ethyl adjacent to an activating group) is 2. The van der Waals surface area contributed by atoms with Crippen LogP contribution >= 0.6 is 0 Å². The minimum Gasteiger partial charge on any atom is -0.383 e. The molecule has 0 fully saturated rings. The fraction of sp³-hybridized carbons (Fsp3) is 1.00. The summed E-state index contributed by atoms with van der Waals surface area (Å²) in [6.45, 7) is 10.7. The van der Waals surface area contributed by atoms with Gasteiger partial charge in [0.2, 0.25) is 0 Å². The summed E-state index contributed by atoms with van der Waals surface area (Å²) in [4.78, 5) is 2.27. The van der Waals surface area contributed by atoms with Gasteiger partial charge in [-0.05, 0) is 27.4 Å². The molecule has 0 aromatic rings. The van der Waals surface area contributed by atoms with E-state index in [1.54, 1.807) is 7.11 Å². The number of methoxy groups -OCH3 is 1. The number of hydrogen-bond acceptors (Lipinski definition) is 4. The van der Waals surface area contributed by atoms with E-state index in [9.17, 15) is 0 Å². The molecule has 4 nitrogen and oxygen atoms in total. The van der Waals surface area contributed by atoms with E-state index in [1.807, 2.05) is 0 Å². The summed E-state index contributed by atoms with van der Waals surface area (Å²) in [5, 5.41) is 3.41. The molecule has 0 aliphatic carbocycles. The molecule has 1 atom stereocenters. The van der Waals surface area contributed by atoms with Crippen LogP contribution in [-0.4, -0.2) is 64.1 Å². The average molecular weight is 232 g/mol. The molecule has 0 bridgehead atoms. The molecule has 0 heterocycles. The van der Waals surface area contributed by atoms with Crippen molar-refractivity contribution in [3.63, 3.8) is 0 Å². The van der Waals surface area contributed by atoms with Crippen molar-refractivity contribution in [3.05, 3.63) is 0 Å². The van der Waals surface area contributed by atoms with Gasteiger partial charge in [-0.25, -0.2) is 0 Å². The van der Waals surface area contributed by atoms with Crippen LogP contribution in [0.25, 0.3) is 0 Å². The van der Waals surface area contributed by atoms with E-state index >= 15 is 0 Å². The molecule has 0 aromatic carbocycles. The molecular weight excluding hydrogens is 204 g/mol. The topological polar surface area (TPSA) is 33.7 Å². The van der Waals surface area contributed by atoms with Crippen LogP contribution in [0.2, 0.25) is 0 Å². The van der Waals surface area contributed by atoms with Gasteiger partial charge in [0.25, 0.3) is 0 Å². The van der Waals surface area contributed by atoms with Crippen LogP contribution in [-0.2, 0) is 9.47 Å². The largest absolute Gasteiger partial charge is 0.383 e. The number of ether oxygens (including phenoxy) is 2. The zero-order valence-electron chi connectivity index (χ0n) is 11.5. The smallest absolute Gasteiger partial charge is 0.0628 e. The lowest BCUT2D eigenvalue weighted by Crippen LogP contribution is -2.43. The van der Waals surface area contributed by atoms with Crippen molar-refractivity contribution < 1.29 is 9.47 Å². The molecular formula is C12H28N2O2. The molecule has 0 saturated heterocycles. The van der Waals surface area contributed by atoms with Crippen molar-refractivity contribution in [1.29, 1.82) is 0 Å². The van der Waals surface area contributed by atoms with Gasteiger partial charge in [-0.3, -0.25) is 0 Å². The first-order valence-electron chi connectivity index (χ1n) is 6.12. The van der Waals surface area contributed by atoms with Gasteiger partial charge in [0.1, 0.15) is 0 Å². The molecule has 0 rings (SSSR count). The van der Waals surface area contributed by atoms with Crippen molar-refractivity contribution in [2.24, 2.45) is 0 Å². The molecule has 0 aliphatic rings. The molecule has 0 aromatic heterocycles. The molecule has 0 radical (unpaired) electrons. The second-order valence-corrected chi connectivity index (χ2v) is 4.39. The quantitative estimate of drug-likeness (QED) is 0.608. The van der Waals surface area contributed by atoms with Crippen molar-refractivity contribution >= 4 is 0 Å². The van der Waals surface area contributed by atoms with Crippen LogP contribution < -0.4 is 5.32 Å². The Balaban J connectivity index is 3.67. The Morgan fingerprint density at radius 2 is 2.00 bits per heavy atom. The third-order valence-electron chi connectivity index (χ3n) is 2.32. The van der Waals surface area contributed by atoms with Gasteiger partial charge in [0, 0.05) is 26.2 Å². The van der Waals surface area contributed by atoms with Gasteiger partial charge in [-0.2, -0.15) is 0 Å². The summed E-state index contributed by atoms with van der Waals surface area (Å²) in [6.07, 6.45) is 0.317. The lowest BCUT2D eigenvalue weighted by molar-refractivity contribution is 0.0592. The van der Waals surface area contributed by atoms with Crippen LogP contribution in [0.15, 0.2) is 0 Å². The van der Waals surface area contributed by atoms with E-state index in [2.05, 4.69) is 38.0 Å². The Bertz CT molecular complexity index is 148. The summed E-state index contributed by atoms with van der Waals surface area (Å²) in [7, 11) is 3.86. The maximum absolute atomic E-state index is 5.52. The van der Waals surface area contributed by atoms with Gasteiger partial charge < -0.3 is 19.7 Å². The number of nitrogens with zero attached hydrogens (tertiary/aromatic N) is 1. The maximum Gasteiger partial charge on any atom is 0.0628 e. The molecule has 0 spiro atoms. The molecule has 0 amide bonds. The van der Waals surface area contributed by atoms with E-state index in [0.29, 0.717) is 12.1 Å². The van der Waals surface area contributed by atoms with Crippen molar-refractivity contribution in [2.45, 2.75) is 32.9 Å². The fourth-order valence-electron chi connectivity index (χ4n) is 1.58. The fourth-order valence-corrected chi connectivity index (χ4v) is 1.58. The molecule has 1 unspecified atom stereocenters. The van der Waals surface area contributed by atoms with Crippen LogP contribution in [0.3, 0.4) is 0 Å². The van der Waals surface area contributed by atoms with Gasteiger partial charge in [-0.15, -0.1) is 0 Å². The van der Waals surface area contributed by atoms with Gasteiger partial charge in [0.05, 0.1) is 19.3 Å². The first kappa shape index (κ1) is 15.8. The van der Waals surface area contributed by atoms with Crippen LogP contribution in [0, 0.1) is 0 Å². The summed E-state index contributed by atoms with van der Waals surface area (Å²) in [6, 6.07) is 0.402. The van der Waals surface area contributed by atoms with Crippen LogP contribution in [0.4, 0.5) is 0 Å². The summed E-state index contributed by atoms with van der Waals surface area (Å²) in [5.41, 5.74) is 0. The van der Waals surface area contributed by atoms with E-state index < -0.39 is 0 Å². The third-order valence-corrected chi connectivity index (χ3v) is 2.32. The predicted molar refractivity (Wildman–Crippen MR) is 67.9 cm³/mol. The Hall–Kier alpha value is -0.160. The molecule has 0 aliphatic heterocycles. The maximum atomic E-state index is 5.52. The minimum atomic E-state index is 0.317. The first-order valence-corrected chi connectivity index (χ1v) is 6.12. The number of rotatable bonds is 10. The Labute approximate surface area is 100 Å². The molecule has 98 valence electrons. The van der Waals surface area contributed by atoms with E-state index in [4.69, 9.17) is 9.47 Å². The zero-order valence-corrected chi connectivity index (χ0v) is 11.5. The van der Waals surface area contributed by atoms with Crippen molar-refractivity contribution in [2.75, 3.05) is 47.0 Å². The highest BCUT2D eigenvalue weighted by molar-refractivity contribution is 4.69. The van der Waals surface area contributed by atoms with Gasteiger partial charge in [-0.1, -0.05) is 6.92 Å². The molecule has 1 N–H and O–H groups in total. The second kappa shape index (κ2) is 10.0. The molecule has 16 heavy (non-hydrogen) atoms. The van der Waals surface area contributed by atoms with Crippen LogP contribution in [0.5, 0.6) is 0 Å². The Kier molecular flexibility index (Phi) is 9.92. The highest BCUT2D eigenvalue weighted by Crippen LogP contribution is 1.93.